The Labute approximate surface area is 70.2 Å². The molecule has 1 rings (SSSR count). The lowest BCUT2D eigenvalue weighted by Gasteiger charge is -1.87. The molecular formula is C8H11NO3. The zero-order chi connectivity index (χ0) is 8.97. The molecule has 1 heterocycles. The van der Waals surface area contributed by atoms with Crippen molar-refractivity contribution in [3.05, 3.63) is 17.5 Å². The number of aromatic nitrogens is 1. The Morgan fingerprint density at radius 2 is 2.50 bits per heavy atom. The third kappa shape index (κ3) is 2.38. The Morgan fingerprint density at radius 3 is 3.00 bits per heavy atom. The molecular weight excluding hydrogens is 158 g/mol. The standard InChI is InChI=1S/C8H11NO3/c1-2-6-5-7(12-9-6)3-4-8(10)11/h5H,2-4H2,1H3,(H,10,11). The minimum absolute atomic E-state index is 0.0956. The quantitative estimate of drug-likeness (QED) is 0.736. The van der Waals surface area contributed by atoms with Crippen LogP contribution in [-0.2, 0) is 17.6 Å². The molecule has 0 radical (unpaired) electrons. The predicted molar refractivity (Wildman–Crippen MR) is 41.8 cm³/mol. The van der Waals surface area contributed by atoms with Crippen LogP contribution in [0.1, 0.15) is 24.8 Å². The van der Waals surface area contributed by atoms with E-state index in [1.165, 1.54) is 0 Å². The lowest BCUT2D eigenvalue weighted by Crippen LogP contribution is -1.96. The number of hydrogen-bond acceptors (Lipinski definition) is 3. The van der Waals surface area contributed by atoms with Gasteiger partial charge in [0.05, 0.1) is 12.1 Å². The highest BCUT2D eigenvalue weighted by Crippen LogP contribution is 2.06. The molecule has 0 aliphatic carbocycles. The monoisotopic (exact) mass is 169 g/mol. The number of aliphatic carboxylic acids is 1. The second-order valence-electron chi connectivity index (χ2n) is 2.53. The number of aryl methyl sites for hydroxylation is 2. The Kier molecular flexibility index (Phi) is 2.85. The van der Waals surface area contributed by atoms with Crippen molar-refractivity contribution in [3.63, 3.8) is 0 Å². The highest BCUT2D eigenvalue weighted by molar-refractivity contribution is 5.66. The van der Waals surface area contributed by atoms with Crippen molar-refractivity contribution < 1.29 is 14.4 Å². The molecule has 0 saturated carbocycles. The minimum Gasteiger partial charge on any atom is -0.481 e. The first-order valence-electron chi connectivity index (χ1n) is 3.88. The maximum Gasteiger partial charge on any atom is 0.303 e. The summed E-state index contributed by atoms with van der Waals surface area (Å²) in [7, 11) is 0. The lowest BCUT2D eigenvalue weighted by molar-refractivity contribution is -0.137. The molecule has 0 aliphatic rings. The van der Waals surface area contributed by atoms with Crippen LogP contribution in [0, 0.1) is 0 Å². The zero-order valence-electron chi connectivity index (χ0n) is 6.91. The highest BCUT2D eigenvalue weighted by Gasteiger charge is 2.04. The van der Waals surface area contributed by atoms with Gasteiger partial charge in [-0.05, 0) is 6.42 Å². The lowest BCUT2D eigenvalue weighted by atomic mass is 10.2. The van der Waals surface area contributed by atoms with Gasteiger partial charge < -0.3 is 9.63 Å². The summed E-state index contributed by atoms with van der Waals surface area (Å²) in [5.74, 6) is -0.168. The number of carboxylic acid groups (broad SMARTS) is 1. The molecule has 12 heavy (non-hydrogen) atoms. The normalized spacial score (nSPS) is 10.1. The first kappa shape index (κ1) is 8.77. The molecule has 0 fully saturated rings. The maximum atomic E-state index is 10.2. The average molecular weight is 169 g/mol. The first-order valence-corrected chi connectivity index (χ1v) is 3.88. The van der Waals surface area contributed by atoms with Crippen molar-refractivity contribution in [1.82, 2.24) is 5.16 Å². The van der Waals surface area contributed by atoms with Gasteiger partial charge in [0.15, 0.2) is 0 Å². The van der Waals surface area contributed by atoms with Crippen LogP contribution in [0.2, 0.25) is 0 Å². The summed E-state index contributed by atoms with van der Waals surface area (Å²) >= 11 is 0. The fourth-order valence-corrected chi connectivity index (χ4v) is 0.870. The first-order chi connectivity index (χ1) is 5.72. The summed E-state index contributed by atoms with van der Waals surface area (Å²) in [6, 6.07) is 1.79. The molecule has 0 aliphatic heterocycles. The minimum atomic E-state index is -0.815. The SMILES string of the molecule is CCc1cc(CCC(=O)O)on1. The topological polar surface area (TPSA) is 63.3 Å². The molecule has 1 N–H and O–H groups in total. The summed E-state index contributed by atoms with van der Waals surface area (Å²) < 4.78 is 4.89. The smallest absolute Gasteiger partial charge is 0.303 e. The molecule has 0 saturated heterocycles. The van der Waals surface area contributed by atoms with Crippen molar-refractivity contribution in [3.8, 4) is 0 Å². The van der Waals surface area contributed by atoms with Gasteiger partial charge in [-0.25, -0.2) is 0 Å². The molecule has 0 bridgehead atoms. The molecule has 0 spiro atoms. The number of hydrogen-bond donors (Lipinski definition) is 1. The highest BCUT2D eigenvalue weighted by atomic mass is 16.5. The van der Waals surface area contributed by atoms with Gasteiger partial charge in [-0.2, -0.15) is 0 Å². The number of rotatable bonds is 4. The third-order valence-electron chi connectivity index (χ3n) is 1.56. The van der Waals surface area contributed by atoms with E-state index in [-0.39, 0.29) is 6.42 Å². The number of carboxylic acids is 1. The van der Waals surface area contributed by atoms with Crippen molar-refractivity contribution >= 4 is 5.97 Å². The summed E-state index contributed by atoms with van der Waals surface area (Å²) in [4.78, 5) is 10.2. The maximum absolute atomic E-state index is 10.2. The Morgan fingerprint density at radius 1 is 1.75 bits per heavy atom. The molecule has 1 aromatic heterocycles. The largest absolute Gasteiger partial charge is 0.481 e. The zero-order valence-corrected chi connectivity index (χ0v) is 6.91. The van der Waals surface area contributed by atoms with Gasteiger partial charge >= 0.3 is 5.97 Å². The van der Waals surface area contributed by atoms with Crippen molar-refractivity contribution in [2.45, 2.75) is 26.2 Å². The molecule has 4 heteroatoms. The predicted octanol–water partition coefficient (Wildman–Crippen LogP) is 1.25. The molecule has 0 aromatic carbocycles. The number of carbonyl (C=O) groups is 1. The summed E-state index contributed by atoms with van der Waals surface area (Å²) in [6.07, 6.45) is 1.33. The van der Waals surface area contributed by atoms with Gasteiger partial charge in [0.25, 0.3) is 0 Å². The number of nitrogens with zero attached hydrogens (tertiary/aromatic N) is 1. The van der Waals surface area contributed by atoms with Crippen LogP contribution in [0.3, 0.4) is 0 Å². The van der Waals surface area contributed by atoms with Gasteiger partial charge in [0.1, 0.15) is 5.76 Å². The second kappa shape index (κ2) is 3.90. The van der Waals surface area contributed by atoms with E-state index in [0.29, 0.717) is 12.2 Å². The molecule has 0 unspecified atom stereocenters. The Bertz CT molecular complexity index is 267. The van der Waals surface area contributed by atoms with E-state index in [1.54, 1.807) is 6.07 Å². The molecule has 0 atom stereocenters. The molecule has 1 aromatic rings. The summed E-state index contributed by atoms with van der Waals surface area (Å²) in [5, 5.41) is 12.1. The summed E-state index contributed by atoms with van der Waals surface area (Å²) in [5.41, 5.74) is 0.871. The van der Waals surface area contributed by atoms with Gasteiger partial charge in [-0.1, -0.05) is 12.1 Å². The van der Waals surface area contributed by atoms with E-state index < -0.39 is 5.97 Å². The van der Waals surface area contributed by atoms with Crippen molar-refractivity contribution in [1.29, 1.82) is 0 Å². The van der Waals surface area contributed by atoms with E-state index in [9.17, 15) is 4.79 Å². The van der Waals surface area contributed by atoms with Crippen LogP contribution >= 0.6 is 0 Å². The van der Waals surface area contributed by atoms with E-state index >= 15 is 0 Å². The van der Waals surface area contributed by atoms with Gasteiger partial charge in [0, 0.05) is 12.5 Å². The molecule has 0 amide bonds. The van der Waals surface area contributed by atoms with Gasteiger partial charge in [-0.15, -0.1) is 0 Å². The van der Waals surface area contributed by atoms with Crippen LogP contribution in [0.5, 0.6) is 0 Å². The van der Waals surface area contributed by atoms with E-state index in [0.717, 1.165) is 12.1 Å². The molecule has 66 valence electrons. The van der Waals surface area contributed by atoms with Crippen LogP contribution < -0.4 is 0 Å². The second-order valence-corrected chi connectivity index (χ2v) is 2.53. The van der Waals surface area contributed by atoms with Gasteiger partial charge in [0.2, 0.25) is 0 Å². The van der Waals surface area contributed by atoms with E-state index in [2.05, 4.69) is 5.16 Å². The van der Waals surface area contributed by atoms with Crippen LogP contribution in [0.4, 0.5) is 0 Å². The van der Waals surface area contributed by atoms with Crippen LogP contribution in [0.15, 0.2) is 10.6 Å². The average Bonchev–Trinajstić information content (AvgIpc) is 2.48. The Hall–Kier alpha value is -1.32. The van der Waals surface area contributed by atoms with Gasteiger partial charge in [-0.3, -0.25) is 4.79 Å². The fraction of sp³-hybridized carbons (Fsp3) is 0.500. The third-order valence-corrected chi connectivity index (χ3v) is 1.56. The Balaban J connectivity index is 2.47. The van der Waals surface area contributed by atoms with Crippen LogP contribution in [0.25, 0.3) is 0 Å². The van der Waals surface area contributed by atoms with Crippen molar-refractivity contribution in [2.24, 2.45) is 0 Å². The van der Waals surface area contributed by atoms with E-state index in [4.69, 9.17) is 9.63 Å². The fourth-order valence-electron chi connectivity index (χ4n) is 0.870. The molecule has 4 nitrogen and oxygen atoms in total. The van der Waals surface area contributed by atoms with Crippen LogP contribution in [-0.4, -0.2) is 16.2 Å². The van der Waals surface area contributed by atoms with Crippen molar-refractivity contribution in [2.75, 3.05) is 0 Å². The van der Waals surface area contributed by atoms with E-state index in [1.807, 2.05) is 6.92 Å². The summed E-state index contributed by atoms with van der Waals surface area (Å²) in [6.45, 7) is 1.97.